The third kappa shape index (κ3) is 4.31. The number of nitrogens with zero attached hydrogens (tertiary/aromatic N) is 1. The fraction of sp³-hybridized carbons (Fsp3) is 0.562. The lowest BCUT2D eigenvalue weighted by Crippen LogP contribution is -2.41. The van der Waals surface area contributed by atoms with Crippen molar-refractivity contribution in [3.8, 4) is 0 Å². The van der Waals surface area contributed by atoms with Gasteiger partial charge in [0.1, 0.15) is 0 Å². The normalized spacial score (nSPS) is 18.8. The minimum absolute atomic E-state index is 0.587. The van der Waals surface area contributed by atoms with Crippen molar-refractivity contribution < 1.29 is 0 Å². The number of anilines is 1. The van der Waals surface area contributed by atoms with Gasteiger partial charge in [-0.15, -0.1) is 0 Å². The summed E-state index contributed by atoms with van der Waals surface area (Å²) in [7, 11) is 0. The van der Waals surface area contributed by atoms with Gasteiger partial charge in [-0.05, 0) is 69.2 Å². The molecule has 0 unspecified atom stereocenters. The van der Waals surface area contributed by atoms with Gasteiger partial charge in [0.25, 0.3) is 0 Å². The number of likely N-dealkylation sites (N-methyl/N-ethyl adjacent to an activating group) is 1. The van der Waals surface area contributed by atoms with E-state index in [0.717, 1.165) is 29.9 Å². The molecule has 2 N–H and O–H groups in total. The summed E-state index contributed by atoms with van der Waals surface area (Å²) < 4.78 is 0. The van der Waals surface area contributed by atoms with Crippen LogP contribution in [0.5, 0.6) is 0 Å². The van der Waals surface area contributed by atoms with E-state index in [1.807, 2.05) is 19.9 Å². The lowest BCUT2D eigenvalue weighted by atomic mass is 10.1. The highest BCUT2D eigenvalue weighted by molar-refractivity contribution is 7.80. The number of hydrogen-bond donors (Lipinski definition) is 2. The van der Waals surface area contributed by atoms with Crippen LogP contribution in [0.15, 0.2) is 12.1 Å². The van der Waals surface area contributed by atoms with Crippen LogP contribution < -0.4 is 10.6 Å². The van der Waals surface area contributed by atoms with Gasteiger partial charge in [-0.1, -0.05) is 24.6 Å². The van der Waals surface area contributed by atoms with E-state index < -0.39 is 0 Å². The van der Waals surface area contributed by atoms with E-state index in [1.54, 1.807) is 0 Å². The maximum absolute atomic E-state index is 6.29. The topological polar surface area (TPSA) is 27.3 Å². The SMILES string of the molecule is CCN1CCC[C@H]1CNC(=S)Nc1c(C)cc(C)cc1Cl. The van der Waals surface area contributed by atoms with Crippen molar-refractivity contribution >= 4 is 34.6 Å². The Hall–Kier alpha value is -0.840. The third-order valence-corrected chi connectivity index (χ3v) is 4.62. The van der Waals surface area contributed by atoms with Gasteiger partial charge in [-0.2, -0.15) is 0 Å². The summed E-state index contributed by atoms with van der Waals surface area (Å²) in [6.45, 7) is 9.49. The van der Waals surface area contributed by atoms with Crippen molar-refractivity contribution in [1.82, 2.24) is 10.2 Å². The second-order valence-corrected chi connectivity index (χ2v) is 6.51. The zero-order valence-corrected chi connectivity index (χ0v) is 14.6. The Morgan fingerprint density at radius 1 is 1.43 bits per heavy atom. The molecule has 116 valence electrons. The lowest BCUT2D eigenvalue weighted by molar-refractivity contribution is 0.267. The summed E-state index contributed by atoms with van der Waals surface area (Å²) in [5, 5.41) is 7.92. The van der Waals surface area contributed by atoms with Crippen LogP contribution in [0.2, 0.25) is 5.02 Å². The second kappa shape index (κ2) is 7.43. The maximum atomic E-state index is 6.29. The average molecular weight is 326 g/mol. The molecule has 0 aliphatic carbocycles. The number of hydrogen-bond acceptors (Lipinski definition) is 2. The summed E-state index contributed by atoms with van der Waals surface area (Å²) in [4.78, 5) is 2.50. The summed E-state index contributed by atoms with van der Waals surface area (Å²) in [5.74, 6) is 0. The Balaban J connectivity index is 1.90. The summed E-state index contributed by atoms with van der Waals surface area (Å²) in [6, 6.07) is 4.64. The van der Waals surface area contributed by atoms with Crippen LogP contribution in [-0.2, 0) is 0 Å². The first-order valence-corrected chi connectivity index (χ1v) is 8.35. The number of thiocarbonyl (C=S) groups is 1. The molecule has 0 radical (unpaired) electrons. The van der Waals surface area contributed by atoms with Gasteiger partial charge in [-0.25, -0.2) is 0 Å². The molecule has 0 saturated carbocycles. The highest BCUT2D eigenvalue weighted by Crippen LogP contribution is 2.27. The van der Waals surface area contributed by atoms with Crippen molar-refractivity contribution in [3.05, 3.63) is 28.3 Å². The number of nitrogens with one attached hydrogen (secondary N) is 2. The zero-order chi connectivity index (χ0) is 15.4. The molecule has 3 nitrogen and oxygen atoms in total. The molecule has 0 bridgehead atoms. The quantitative estimate of drug-likeness (QED) is 0.825. The summed E-state index contributed by atoms with van der Waals surface area (Å²) in [6.07, 6.45) is 2.52. The van der Waals surface area contributed by atoms with Crippen LogP contribution in [-0.4, -0.2) is 35.7 Å². The smallest absolute Gasteiger partial charge is 0.170 e. The van der Waals surface area contributed by atoms with Crippen LogP contribution in [0.4, 0.5) is 5.69 Å². The molecule has 1 aromatic carbocycles. The Morgan fingerprint density at radius 2 is 2.19 bits per heavy atom. The lowest BCUT2D eigenvalue weighted by Gasteiger charge is -2.24. The van der Waals surface area contributed by atoms with Crippen LogP contribution >= 0.6 is 23.8 Å². The van der Waals surface area contributed by atoms with Crippen LogP contribution in [0.25, 0.3) is 0 Å². The monoisotopic (exact) mass is 325 g/mol. The fourth-order valence-corrected chi connectivity index (χ4v) is 3.54. The molecule has 5 heteroatoms. The number of benzene rings is 1. The van der Waals surface area contributed by atoms with Crippen molar-refractivity contribution in [2.45, 2.75) is 39.7 Å². The Kier molecular flexibility index (Phi) is 5.85. The highest BCUT2D eigenvalue weighted by Gasteiger charge is 2.22. The van der Waals surface area contributed by atoms with Crippen molar-refractivity contribution in [2.24, 2.45) is 0 Å². The first kappa shape index (κ1) is 16.5. The molecule has 1 atom stereocenters. The number of aryl methyl sites for hydroxylation is 2. The van der Waals surface area contributed by atoms with E-state index in [1.165, 1.54) is 19.4 Å². The number of rotatable bonds is 4. The molecule has 2 rings (SSSR count). The minimum atomic E-state index is 0.587. The van der Waals surface area contributed by atoms with Gasteiger partial charge in [-0.3, -0.25) is 4.90 Å². The predicted octanol–water partition coefficient (Wildman–Crippen LogP) is 3.73. The van der Waals surface area contributed by atoms with Gasteiger partial charge in [0.05, 0.1) is 10.7 Å². The zero-order valence-electron chi connectivity index (χ0n) is 13.0. The van der Waals surface area contributed by atoms with Crippen LogP contribution in [0.1, 0.15) is 30.9 Å². The van der Waals surface area contributed by atoms with Gasteiger partial charge in [0.15, 0.2) is 5.11 Å². The third-order valence-electron chi connectivity index (χ3n) is 4.07. The first-order chi connectivity index (χ1) is 10.0. The fourth-order valence-electron chi connectivity index (χ4n) is 2.98. The Morgan fingerprint density at radius 3 is 2.86 bits per heavy atom. The number of halogens is 1. The van der Waals surface area contributed by atoms with E-state index in [9.17, 15) is 0 Å². The van der Waals surface area contributed by atoms with E-state index in [0.29, 0.717) is 16.2 Å². The molecule has 0 amide bonds. The molecule has 0 spiro atoms. The predicted molar refractivity (Wildman–Crippen MR) is 95.4 cm³/mol. The van der Waals surface area contributed by atoms with Gasteiger partial charge in [0, 0.05) is 12.6 Å². The van der Waals surface area contributed by atoms with E-state index in [-0.39, 0.29) is 0 Å². The molecule has 1 fully saturated rings. The van der Waals surface area contributed by atoms with Crippen LogP contribution in [0.3, 0.4) is 0 Å². The molecule has 1 aliphatic heterocycles. The molecule has 1 saturated heterocycles. The van der Waals surface area contributed by atoms with Gasteiger partial charge >= 0.3 is 0 Å². The average Bonchev–Trinajstić information content (AvgIpc) is 2.88. The number of likely N-dealkylation sites (tertiary alicyclic amines) is 1. The minimum Gasteiger partial charge on any atom is -0.361 e. The molecule has 1 heterocycles. The molecular weight excluding hydrogens is 302 g/mol. The highest BCUT2D eigenvalue weighted by atomic mass is 35.5. The van der Waals surface area contributed by atoms with Crippen molar-refractivity contribution in [1.29, 1.82) is 0 Å². The summed E-state index contributed by atoms with van der Waals surface area (Å²) >= 11 is 11.7. The second-order valence-electron chi connectivity index (χ2n) is 5.70. The Labute approximate surface area is 138 Å². The van der Waals surface area contributed by atoms with E-state index in [4.69, 9.17) is 23.8 Å². The maximum Gasteiger partial charge on any atom is 0.170 e. The molecular formula is C16H24ClN3S. The molecule has 21 heavy (non-hydrogen) atoms. The largest absolute Gasteiger partial charge is 0.361 e. The Bertz CT molecular complexity index is 495. The first-order valence-electron chi connectivity index (χ1n) is 7.57. The van der Waals surface area contributed by atoms with Gasteiger partial charge < -0.3 is 10.6 Å². The van der Waals surface area contributed by atoms with E-state index in [2.05, 4.69) is 28.5 Å². The van der Waals surface area contributed by atoms with Crippen molar-refractivity contribution in [3.63, 3.8) is 0 Å². The molecule has 0 aromatic heterocycles. The molecule has 1 aliphatic rings. The van der Waals surface area contributed by atoms with Crippen LogP contribution in [0, 0.1) is 13.8 Å². The van der Waals surface area contributed by atoms with E-state index >= 15 is 0 Å². The van der Waals surface area contributed by atoms with Crippen molar-refractivity contribution in [2.75, 3.05) is 25.0 Å². The molecule has 1 aromatic rings. The standard InChI is InChI=1S/C16H24ClN3S/c1-4-20-7-5-6-13(20)10-18-16(21)19-15-12(3)8-11(2)9-14(15)17/h8-9,13H,4-7,10H2,1-3H3,(H2,18,19,21)/t13-/m0/s1. The summed E-state index contributed by atoms with van der Waals surface area (Å²) in [5.41, 5.74) is 3.17. The van der Waals surface area contributed by atoms with Gasteiger partial charge in [0.2, 0.25) is 0 Å².